The van der Waals surface area contributed by atoms with Crippen LogP contribution >= 0.6 is 15.9 Å². The van der Waals surface area contributed by atoms with Gasteiger partial charge in [0, 0.05) is 46.6 Å². The molecule has 0 fully saturated rings. The highest BCUT2D eigenvalue weighted by Crippen LogP contribution is 2.50. The summed E-state index contributed by atoms with van der Waals surface area (Å²) in [7, 11) is 0. The summed E-state index contributed by atoms with van der Waals surface area (Å²) in [4.78, 5) is 17.8. The first-order chi connectivity index (χ1) is 16.2. The van der Waals surface area contributed by atoms with Gasteiger partial charge in [0.25, 0.3) is 0 Å². The van der Waals surface area contributed by atoms with Crippen molar-refractivity contribution in [2.45, 2.75) is 46.5 Å². The maximum Gasteiger partial charge on any atom is 0.162 e. The number of benzene rings is 2. The summed E-state index contributed by atoms with van der Waals surface area (Å²) in [5, 5.41) is 10.2. The molecule has 0 unspecified atom stereocenters. The van der Waals surface area contributed by atoms with Crippen molar-refractivity contribution in [3.63, 3.8) is 0 Å². The molecule has 2 N–H and O–H groups in total. The van der Waals surface area contributed by atoms with Crippen LogP contribution < -0.4 is 15.5 Å². The molecule has 1 aliphatic carbocycles. The third-order valence-corrected chi connectivity index (χ3v) is 7.35. The molecule has 34 heavy (non-hydrogen) atoms. The van der Waals surface area contributed by atoms with E-state index in [2.05, 4.69) is 66.7 Å². The second kappa shape index (κ2) is 9.31. The number of nitriles is 1. The molecule has 5 nitrogen and oxygen atoms in total. The van der Waals surface area contributed by atoms with Gasteiger partial charge in [-0.25, -0.2) is 0 Å². The fourth-order valence-corrected chi connectivity index (χ4v) is 5.46. The molecule has 2 aliphatic rings. The number of rotatable bonds is 5. The lowest BCUT2D eigenvalue weighted by atomic mass is 9.68. The van der Waals surface area contributed by atoms with Gasteiger partial charge < -0.3 is 10.6 Å². The monoisotopic (exact) mass is 518 g/mol. The molecule has 0 radical (unpaired) electrons. The van der Waals surface area contributed by atoms with Gasteiger partial charge in [-0.1, -0.05) is 41.9 Å². The zero-order valence-corrected chi connectivity index (χ0v) is 21.8. The first-order valence-electron chi connectivity index (χ1n) is 11.8. The lowest BCUT2D eigenvalue weighted by Gasteiger charge is -2.43. The predicted molar refractivity (Wildman–Crippen MR) is 141 cm³/mol. The van der Waals surface area contributed by atoms with Gasteiger partial charge in [0.2, 0.25) is 0 Å². The van der Waals surface area contributed by atoms with E-state index in [0.717, 1.165) is 40.2 Å². The summed E-state index contributed by atoms with van der Waals surface area (Å²) in [5.41, 5.74) is 11.4. The number of carbonyl (C=O) groups is 1. The van der Waals surface area contributed by atoms with Gasteiger partial charge in [-0.15, -0.1) is 0 Å². The number of ketones is 1. The average molecular weight is 519 g/mol. The van der Waals surface area contributed by atoms with Gasteiger partial charge in [-0.2, -0.15) is 5.26 Å². The van der Waals surface area contributed by atoms with Crippen LogP contribution in [0, 0.1) is 16.7 Å². The summed E-state index contributed by atoms with van der Waals surface area (Å²) < 4.78 is 0.955. The van der Waals surface area contributed by atoms with E-state index in [-0.39, 0.29) is 11.2 Å². The Balaban J connectivity index is 1.90. The number of anilines is 2. The van der Waals surface area contributed by atoms with Crippen LogP contribution in [0.15, 0.2) is 75.7 Å². The molecule has 2 aromatic carbocycles. The van der Waals surface area contributed by atoms with Crippen molar-refractivity contribution in [2.24, 2.45) is 11.1 Å². The minimum absolute atomic E-state index is 0.0893. The Labute approximate surface area is 210 Å². The Morgan fingerprint density at radius 2 is 1.71 bits per heavy atom. The molecular formula is C28H31BrN4O. The second-order valence-electron chi connectivity index (χ2n) is 9.72. The van der Waals surface area contributed by atoms with Gasteiger partial charge in [0.15, 0.2) is 5.78 Å². The van der Waals surface area contributed by atoms with E-state index >= 15 is 0 Å². The molecule has 6 heteroatoms. The molecule has 1 heterocycles. The normalized spacial score (nSPS) is 19.7. The highest BCUT2D eigenvalue weighted by molar-refractivity contribution is 9.10. The summed E-state index contributed by atoms with van der Waals surface area (Å²) in [6, 6.07) is 18.4. The first-order valence-corrected chi connectivity index (χ1v) is 12.6. The summed E-state index contributed by atoms with van der Waals surface area (Å²) in [6.07, 6.45) is 1.16. The zero-order valence-electron chi connectivity index (χ0n) is 20.2. The highest BCUT2D eigenvalue weighted by atomic mass is 79.9. The number of hydrogen-bond donors (Lipinski definition) is 1. The summed E-state index contributed by atoms with van der Waals surface area (Å²) >= 11 is 3.49. The molecule has 0 saturated carbocycles. The number of nitrogens with zero attached hydrogens (tertiary/aromatic N) is 3. The van der Waals surface area contributed by atoms with Gasteiger partial charge >= 0.3 is 0 Å². The largest absolute Gasteiger partial charge is 0.384 e. The Bertz CT molecular complexity index is 1200. The maximum absolute atomic E-state index is 13.6. The number of hydrogen-bond acceptors (Lipinski definition) is 5. The van der Waals surface area contributed by atoms with E-state index in [1.54, 1.807) is 0 Å². The third-order valence-electron chi connectivity index (χ3n) is 6.82. The lowest BCUT2D eigenvalue weighted by Crippen LogP contribution is -2.42. The standard InChI is InChI=1S/C28H31BrN4O/c1-5-32(6-2)20-11-7-18(8-12-20)25-22(17-30)27(31)33(21-13-9-19(29)10-14-21)23-15-28(3,4)16-24(34)26(23)25/h7-14,25H,5-6,15-16,31H2,1-4H3/t25-/m0/s1. The number of allylic oxidation sites excluding steroid dienone is 3. The van der Waals surface area contributed by atoms with Gasteiger partial charge in [-0.3, -0.25) is 9.69 Å². The van der Waals surface area contributed by atoms with Gasteiger partial charge in [-0.05, 0) is 67.6 Å². The maximum atomic E-state index is 13.6. The van der Waals surface area contributed by atoms with Crippen LogP contribution in [0.1, 0.15) is 52.0 Å². The third kappa shape index (κ3) is 4.25. The van der Waals surface area contributed by atoms with Crippen molar-refractivity contribution in [3.8, 4) is 6.07 Å². The molecule has 0 bridgehead atoms. The molecule has 176 valence electrons. The van der Waals surface area contributed by atoms with Crippen LogP contribution in [-0.4, -0.2) is 18.9 Å². The molecule has 1 atom stereocenters. The smallest absolute Gasteiger partial charge is 0.162 e. The van der Waals surface area contributed by atoms with E-state index in [0.29, 0.717) is 29.8 Å². The van der Waals surface area contributed by atoms with Crippen molar-refractivity contribution in [2.75, 3.05) is 22.9 Å². The van der Waals surface area contributed by atoms with Crippen LogP contribution in [0.5, 0.6) is 0 Å². The highest BCUT2D eigenvalue weighted by Gasteiger charge is 2.44. The van der Waals surface area contributed by atoms with E-state index in [9.17, 15) is 10.1 Å². The Kier molecular flexibility index (Phi) is 6.60. The second-order valence-corrected chi connectivity index (χ2v) is 10.6. The molecule has 0 aromatic heterocycles. The molecular weight excluding hydrogens is 488 g/mol. The zero-order chi connectivity index (χ0) is 24.6. The fourth-order valence-electron chi connectivity index (χ4n) is 5.19. The summed E-state index contributed by atoms with van der Waals surface area (Å²) in [5.74, 6) is 0.0272. The van der Waals surface area contributed by atoms with Crippen LogP contribution in [0.4, 0.5) is 11.4 Å². The van der Waals surface area contributed by atoms with E-state index in [1.165, 1.54) is 0 Å². The quantitative estimate of drug-likeness (QED) is 0.507. The van der Waals surface area contributed by atoms with Gasteiger partial charge in [0.1, 0.15) is 5.82 Å². The van der Waals surface area contributed by atoms with Gasteiger partial charge in [0.05, 0.1) is 17.6 Å². The number of carbonyl (C=O) groups excluding carboxylic acids is 1. The predicted octanol–water partition coefficient (Wildman–Crippen LogP) is 6.24. The minimum atomic E-state index is -0.457. The van der Waals surface area contributed by atoms with E-state index in [4.69, 9.17) is 5.73 Å². The number of Topliss-reactive ketones (excluding diaryl/α,β-unsaturated/α-hetero) is 1. The fraction of sp³-hybridized carbons (Fsp3) is 0.357. The van der Waals surface area contributed by atoms with Crippen molar-refractivity contribution in [1.82, 2.24) is 0 Å². The topological polar surface area (TPSA) is 73.4 Å². The van der Waals surface area contributed by atoms with Crippen molar-refractivity contribution in [1.29, 1.82) is 5.26 Å². The van der Waals surface area contributed by atoms with E-state index < -0.39 is 5.92 Å². The molecule has 1 aliphatic heterocycles. The average Bonchev–Trinajstić information content (AvgIpc) is 2.80. The molecule has 4 rings (SSSR count). The van der Waals surface area contributed by atoms with Crippen LogP contribution in [0.3, 0.4) is 0 Å². The Hall–Kier alpha value is -3.04. The first kappa shape index (κ1) is 24.1. The Morgan fingerprint density at radius 1 is 1.09 bits per heavy atom. The Morgan fingerprint density at radius 3 is 2.26 bits per heavy atom. The van der Waals surface area contributed by atoms with Crippen molar-refractivity contribution < 1.29 is 4.79 Å². The molecule has 0 spiro atoms. The minimum Gasteiger partial charge on any atom is -0.384 e. The molecule has 2 aromatic rings. The van der Waals surface area contributed by atoms with Crippen molar-refractivity contribution in [3.05, 3.63) is 81.2 Å². The molecule has 0 amide bonds. The SMILES string of the molecule is CCN(CC)c1ccc([C@H]2C(C#N)=C(N)N(c3ccc(Br)cc3)C3=C2C(=O)CC(C)(C)C3)cc1. The van der Waals surface area contributed by atoms with E-state index in [1.807, 2.05) is 41.3 Å². The van der Waals surface area contributed by atoms with Crippen LogP contribution in [0.2, 0.25) is 0 Å². The van der Waals surface area contributed by atoms with Crippen molar-refractivity contribution >= 4 is 33.1 Å². The lowest BCUT2D eigenvalue weighted by molar-refractivity contribution is -0.118. The summed E-state index contributed by atoms with van der Waals surface area (Å²) in [6.45, 7) is 10.3. The van der Waals surface area contributed by atoms with Crippen LogP contribution in [-0.2, 0) is 4.79 Å². The van der Waals surface area contributed by atoms with Crippen LogP contribution in [0.25, 0.3) is 0 Å². The number of nitrogens with two attached hydrogens (primary N) is 1. The number of halogens is 1. The molecule has 0 saturated heterocycles.